The van der Waals surface area contributed by atoms with Crippen LogP contribution in [0.4, 0.5) is 5.82 Å². The van der Waals surface area contributed by atoms with E-state index in [0.29, 0.717) is 18.1 Å². The third-order valence-electron chi connectivity index (χ3n) is 4.40. The zero-order valence-corrected chi connectivity index (χ0v) is 15.3. The summed E-state index contributed by atoms with van der Waals surface area (Å²) >= 11 is 1.67. The number of thiazole rings is 1. The van der Waals surface area contributed by atoms with Crippen molar-refractivity contribution in [1.29, 1.82) is 0 Å². The standard InChI is InChI=1S/C19H19N5OS/c1-12-15(26-11-22-12)8-10-20-18-14-7-9-21-19(25)16(14)23-17(24-18)13-5-3-2-4-6-13/h2-6,11H,7-10H2,1H3,(H,21,25)(H,20,23,24). The molecule has 0 saturated heterocycles. The fourth-order valence-corrected chi connectivity index (χ4v) is 3.80. The Morgan fingerprint density at radius 1 is 1.23 bits per heavy atom. The Bertz CT molecular complexity index is 938. The molecular formula is C19H19N5OS. The van der Waals surface area contributed by atoms with Gasteiger partial charge in [-0.15, -0.1) is 11.3 Å². The molecule has 4 rings (SSSR count). The highest BCUT2D eigenvalue weighted by Crippen LogP contribution is 2.25. The summed E-state index contributed by atoms with van der Waals surface area (Å²) in [7, 11) is 0. The molecule has 0 bridgehead atoms. The van der Waals surface area contributed by atoms with Crippen LogP contribution in [0.25, 0.3) is 11.4 Å². The van der Waals surface area contributed by atoms with Gasteiger partial charge in [0, 0.05) is 35.5 Å². The normalized spacial score (nSPS) is 13.2. The number of anilines is 1. The van der Waals surface area contributed by atoms with Crippen LogP contribution in [-0.4, -0.2) is 33.9 Å². The molecule has 0 unspecified atom stereocenters. The van der Waals surface area contributed by atoms with Crippen LogP contribution < -0.4 is 10.6 Å². The Hall–Kier alpha value is -2.80. The first-order chi connectivity index (χ1) is 12.7. The van der Waals surface area contributed by atoms with Crippen molar-refractivity contribution in [2.75, 3.05) is 18.4 Å². The average molecular weight is 365 g/mol. The second-order valence-electron chi connectivity index (χ2n) is 6.13. The van der Waals surface area contributed by atoms with Gasteiger partial charge in [-0.3, -0.25) is 4.79 Å². The van der Waals surface area contributed by atoms with E-state index in [0.717, 1.165) is 42.0 Å². The van der Waals surface area contributed by atoms with Crippen LogP contribution in [0.5, 0.6) is 0 Å². The van der Waals surface area contributed by atoms with Gasteiger partial charge in [0.15, 0.2) is 5.82 Å². The number of benzene rings is 1. The molecule has 26 heavy (non-hydrogen) atoms. The molecule has 0 atom stereocenters. The zero-order chi connectivity index (χ0) is 17.9. The van der Waals surface area contributed by atoms with E-state index in [-0.39, 0.29) is 5.91 Å². The minimum absolute atomic E-state index is 0.132. The number of aromatic nitrogens is 3. The van der Waals surface area contributed by atoms with E-state index in [1.165, 1.54) is 4.88 Å². The Morgan fingerprint density at radius 3 is 2.85 bits per heavy atom. The number of hydrogen-bond acceptors (Lipinski definition) is 6. The number of fused-ring (bicyclic) bond motifs is 1. The zero-order valence-electron chi connectivity index (χ0n) is 14.5. The van der Waals surface area contributed by atoms with Crippen molar-refractivity contribution in [2.24, 2.45) is 0 Å². The lowest BCUT2D eigenvalue weighted by molar-refractivity contribution is 0.0940. The maximum Gasteiger partial charge on any atom is 0.270 e. The van der Waals surface area contributed by atoms with E-state index in [9.17, 15) is 4.79 Å². The van der Waals surface area contributed by atoms with E-state index in [2.05, 4.69) is 20.6 Å². The van der Waals surface area contributed by atoms with Gasteiger partial charge in [0.25, 0.3) is 5.91 Å². The number of rotatable bonds is 5. The van der Waals surface area contributed by atoms with E-state index in [1.54, 1.807) is 11.3 Å². The first-order valence-electron chi connectivity index (χ1n) is 8.60. The number of carbonyl (C=O) groups excluding carboxylic acids is 1. The lowest BCUT2D eigenvalue weighted by Crippen LogP contribution is -2.34. The number of hydrogen-bond donors (Lipinski definition) is 2. The van der Waals surface area contributed by atoms with Crippen LogP contribution in [0.15, 0.2) is 35.8 Å². The monoisotopic (exact) mass is 365 g/mol. The second-order valence-corrected chi connectivity index (χ2v) is 7.07. The van der Waals surface area contributed by atoms with Gasteiger partial charge >= 0.3 is 0 Å². The summed E-state index contributed by atoms with van der Waals surface area (Å²) < 4.78 is 0. The topological polar surface area (TPSA) is 79.8 Å². The molecule has 0 radical (unpaired) electrons. The number of nitrogens with zero attached hydrogens (tertiary/aromatic N) is 3. The van der Waals surface area contributed by atoms with Crippen molar-refractivity contribution in [1.82, 2.24) is 20.3 Å². The number of nitrogens with one attached hydrogen (secondary N) is 2. The van der Waals surface area contributed by atoms with Gasteiger partial charge in [0.2, 0.25) is 0 Å². The molecule has 0 saturated carbocycles. The first-order valence-corrected chi connectivity index (χ1v) is 9.47. The maximum atomic E-state index is 12.3. The van der Waals surface area contributed by atoms with E-state index in [1.807, 2.05) is 42.8 Å². The Morgan fingerprint density at radius 2 is 2.08 bits per heavy atom. The van der Waals surface area contributed by atoms with Gasteiger partial charge in [-0.2, -0.15) is 0 Å². The van der Waals surface area contributed by atoms with Gasteiger partial charge in [-0.05, 0) is 13.3 Å². The molecule has 1 amide bonds. The van der Waals surface area contributed by atoms with Crippen molar-refractivity contribution in [2.45, 2.75) is 19.8 Å². The van der Waals surface area contributed by atoms with Crippen LogP contribution in [0, 0.1) is 6.92 Å². The first kappa shape index (κ1) is 16.7. The highest BCUT2D eigenvalue weighted by atomic mass is 32.1. The predicted octanol–water partition coefficient (Wildman–Crippen LogP) is 2.85. The minimum Gasteiger partial charge on any atom is -0.369 e. The molecule has 0 fully saturated rings. The van der Waals surface area contributed by atoms with Gasteiger partial charge < -0.3 is 10.6 Å². The number of carbonyl (C=O) groups is 1. The van der Waals surface area contributed by atoms with Gasteiger partial charge in [-0.1, -0.05) is 30.3 Å². The van der Waals surface area contributed by atoms with Crippen LogP contribution in [-0.2, 0) is 12.8 Å². The molecule has 7 heteroatoms. The van der Waals surface area contributed by atoms with Crippen molar-refractivity contribution in [3.63, 3.8) is 0 Å². The molecule has 0 spiro atoms. The molecule has 1 aliphatic rings. The highest BCUT2D eigenvalue weighted by Gasteiger charge is 2.24. The molecule has 3 aromatic rings. The van der Waals surface area contributed by atoms with Crippen molar-refractivity contribution in [3.8, 4) is 11.4 Å². The number of amides is 1. The molecule has 6 nitrogen and oxygen atoms in total. The summed E-state index contributed by atoms with van der Waals surface area (Å²) in [5.41, 5.74) is 5.21. The lowest BCUT2D eigenvalue weighted by atomic mass is 10.1. The average Bonchev–Trinajstić information content (AvgIpc) is 3.08. The van der Waals surface area contributed by atoms with Crippen molar-refractivity contribution < 1.29 is 4.79 Å². The third kappa shape index (κ3) is 3.30. The largest absolute Gasteiger partial charge is 0.369 e. The smallest absolute Gasteiger partial charge is 0.270 e. The van der Waals surface area contributed by atoms with E-state index < -0.39 is 0 Å². The molecule has 1 aliphatic heterocycles. The summed E-state index contributed by atoms with van der Waals surface area (Å²) in [6, 6.07) is 9.74. The molecule has 132 valence electrons. The molecule has 2 aromatic heterocycles. The van der Waals surface area contributed by atoms with Crippen molar-refractivity contribution in [3.05, 3.63) is 57.7 Å². The summed E-state index contributed by atoms with van der Waals surface area (Å²) in [6.45, 7) is 3.38. The minimum atomic E-state index is -0.132. The SMILES string of the molecule is Cc1ncsc1CCNc1nc(-c2ccccc2)nc2c1CCNC2=O. The van der Waals surface area contributed by atoms with Gasteiger partial charge in [0.05, 0.1) is 11.2 Å². The van der Waals surface area contributed by atoms with Crippen LogP contribution in [0.3, 0.4) is 0 Å². The van der Waals surface area contributed by atoms with E-state index >= 15 is 0 Å². The lowest BCUT2D eigenvalue weighted by Gasteiger charge is -2.20. The van der Waals surface area contributed by atoms with Crippen molar-refractivity contribution >= 4 is 23.1 Å². The van der Waals surface area contributed by atoms with Crippen LogP contribution >= 0.6 is 11.3 Å². The number of aryl methyl sites for hydroxylation is 1. The highest BCUT2D eigenvalue weighted by molar-refractivity contribution is 7.09. The van der Waals surface area contributed by atoms with Crippen LogP contribution in [0.1, 0.15) is 26.6 Å². The molecule has 2 N–H and O–H groups in total. The molecular weight excluding hydrogens is 346 g/mol. The van der Waals surface area contributed by atoms with E-state index in [4.69, 9.17) is 4.98 Å². The fraction of sp³-hybridized carbons (Fsp3) is 0.263. The summed E-state index contributed by atoms with van der Waals surface area (Å²) in [5.74, 6) is 1.19. The summed E-state index contributed by atoms with van der Waals surface area (Å²) in [4.78, 5) is 27.1. The molecule has 0 aliphatic carbocycles. The second kappa shape index (κ2) is 7.21. The Balaban J connectivity index is 1.64. The Labute approximate surface area is 155 Å². The summed E-state index contributed by atoms with van der Waals surface area (Å²) in [6.07, 6.45) is 1.61. The summed E-state index contributed by atoms with van der Waals surface area (Å²) in [5, 5.41) is 6.28. The maximum absolute atomic E-state index is 12.3. The quantitative estimate of drug-likeness (QED) is 0.727. The fourth-order valence-electron chi connectivity index (χ4n) is 3.02. The molecule has 3 heterocycles. The predicted molar refractivity (Wildman–Crippen MR) is 103 cm³/mol. The van der Waals surface area contributed by atoms with Gasteiger partial charge in [-0.25, -0.2) is 15.0 Å². The third-order valence-corrected chi connectivity index (χ3v) is 5.40. The van der Waals surface area contributed by atoms with Gasteiger partial charge in [0.1, 0.15) is 11.5 Å². The Kier molecular flexibility index (Phi) is 4.62. The molecule has 1 aromatic carbocycles. The van der Waals surface area contributed by atoms with Crippen LogP contribution in [0.2, 0.25) is 0 Å².